The summed E-state index contributed by atoms with van der Waals surface area (Å²) in [5, 5.41) is 16.6. The molecule has 0 saturated carbocycles. The standard InChI is InChI=1S/C25H18F5N3O4/c1-36-19-10-2-15(3-11-19)14-33-22(21(23(34)35)31-32-33)24(26,27)18-8-4-16(5-9-18)17-6-12-20(13-7-17)37-25(28,29)30/h2-13H,14H2,1H3,(H,34,35). The third-order valence-corrected chi connectivity index (χ3v) is 5.40. The Hall–Kier alpha value is -4.48. The van der Waals surface area contributed by atoms with E-state index in [1.807, 2.05) is 0 Å². The van der Waals surface area contributed by atoms with Gasteiger partial charge < -0.3 is 14.6 Å². The fraction of sp³-hybridized carbons (Fsp3) is 0.160. The van der Waals surface area contributed by atoms with Crippen molar-refractivity contribution in [1.29, 1.82) is 0 Å². The number of nitrogens with zero attached hydrogens (tertiary/aromatic N) is 3. The number of methoxy groups -OCH3 is 1. The lowest BCUT2D eigenvalue weighted by Gasteiger charge is -2.19. The van der Waals surface area contributed by atoms with Crippen LogP contribution in [0.5, 0.6) is 11.5 Å². The van der Waals surface area contributed by atoms with Crippen LogP contribution in [-0.2, 0) is 12.5 Å². The molecule has 0 bridgehead atoms. The second-order valence-electron chi connectivity index (χ2n) is 7.82. The van der Waals surface area contributed by atoms with Gasteiger partial charge in [-0.15, -0.1) is 18.3 Å². The normalized spacial score (nSPS) is 11.8. The maximum absolute atomic E-state index is 15.7. The fourth-order valence-corrected chi connectivity index (χ4v) is 3.64. The summed E-state index contributed by atoms with van der Waals surface area (Å²) in [5.74, 6) is -5.31. The number of carboxylic acid groups (broad SMARTS) is 1. The minimum atomic E-state index is -4.84. The maximum atomic E-state index is 15.7. The van der Waals surface area contributed by atoms with Gasteiger partial charge in [-0.25, -0.2) is 9.48 Å². The highest BCUT2D eigenvalue weighted by molar-refractivity contribution is 5.87. The van der Waals surface area contributed by atoms with E-state index >= 15 is 8.78 Å². The Kier molecular flexibility index (Phi) is 6.84. The van der Waals surface area contributed by atoms with Gasteiger partial charge in [0, 0.05) is 5.56 Å². The topological polar surface area (TPSA) is 86.5 Å². The molecule has 0 aliphatic rings. The minimum absolute atomic E-state index is 0.167. The second kappa shape index (κ2) is 9.88. The first-order chi connectivity index (χ1) is 17.5. The molecular weight excluding hydrogens is 501 g/mol. The van der Waals surface area contributed by atoms with Crippen molar-refractivity contribution in [2.75, 3.05) is 7.11 Å². The Bertz CT molecular complexity index is 1380. The SMILES string of the molecule is COc1ccc(Cn2nnc(C(=O)O)c2C(F)(F)c2ccc(-c3ccc(OC(F)(F)F)cc3)cc2)cc1. The number of ether oxygens (including phenoxy) is 2. The second-order valence-corrected chi connectivity index (χ2v) is 7.82. The summed E-state index contributed by atoms with van der Waals surface area (Å²) in [6, 6.07) is 16.3. The van der Waals surface area contributed by atoms with Crippen molar-refractivity contribution in [3.05, 3.63) is 95.3 Å². The first-order valence-corrected chi connectivity index (χ1v) is 10.6. The van der Waals surface area contributed by atoms with Crippen molar-refractivity contribution in [3.63, 3.8) is 0 Å². The number of carbonyl (C=O) groups is 1. The molecule has 37 heavy (non-hydrogen) atoms. The van der Waals surface area contributed by atoms with Crippen molar-refractivity contribution in [2.45, 2.75) is 18.8 Å². The number of alkyl halides is 5. The molecule has 0 atom stereocenters. The number of aromatic nitrogens is 3. The van der Waals surface area contributed by atoms with Gasteiger partial charge in [0.25, 0.3) is 0 Å². The van der Waals surface area contributed by atoms with Crippen LogP contribution in [0.25, 0.3) is 11.1 Å². The molecule has 192 valence electrons. The summed E-state index contributed by atoms with van der Waals surface area (Å²) >= 11 is 0. The van der Waals surface area contributed by atoms with Crippen LogP contribution in [0.4, 0.5) is 22.0 Å². The van der Waals surface area contributed by atoms with Crippen molar-refractivity contribution >= 4 is 5.97 Å². The van der Waals surface area contributed by atoms with Crippen LogP contribution in [0.3, 0.4) is 0 Å². The predicted molar refractivity (Wildman–Crippen MR) is 121 cm³/mol. The van der Waals surface area contributed by atoms with E-state index < -0.39 is 41.0 Å². The van der Waals surface area contributed by atoms with Gasteiger partial charge in [0.1, 0.15) is 17.2 Å². The molecule has 0 unspecified atom stereocenters. The largest absolute Gasteiger partial charge is 0.573 e. The van der Waals surface area contributed by atoms with Crippen LogP contribution in [0.2, 0.25) is 0 Å². The molecular formula is C25H18F5N3O4. The lowest BCUT2D eigenvalue weighted by atomic mass is 9.99. The molecule has 4 rings (SSSR count). The van der Waals surface area contributed by atoms with Crippen molar-refractivity contribution in [2.24, 2.45) is 0 Å². The number of carboxylic acids is 1. The van der Waals surface area contributed by atoms with E-state index in [4.69, 9.17) is 4.74 Å². The molecule has 1 aromatic heterocycles. The van der Waals surface area contributed by atoms with Gasteiger partial charge in [-0.05, 0) is 41.0 Å². The van der Waals surface area contributed by atoms with E-state index in [1.165, 1.54) is 31.4 Å². The molecule has 0 saturated heterocycles. The lowest BCUT2D eigenvalue weighted by Crippen LogP contribution is -2.24. The zero-order valence-corrected chi connectivity index (χ0v) is 19.0. The molecule has 1 N–H and O–H groups in total. The van der Waals surface area contributed by atoms with Gasteiger partial charge in [-0.1, -0.05) is 53.7 Å². The Balaban J connectivity index is 1.63. The first-order valence-electron chi connectivity index (χ1n) is 10.6. The Morgan fingerprint density at radius 3 is 1.92 bits per heavy atom. The molecule has 1 heterocycles. The third kappa shape index (κ3) is 5.68. The van der Waals surface area contributed by atoms with E-state index in [0.717, 1.165) is 28.9 Å². The summed E-state index contributed by atoms with van der Waals surface area (Å²) in [7, 11) is 1.48. The Morgan fingerprint density at radius 2 is 1.41 bits per heavy atom. The lowest BCUT2D eigenvalue weighted by molar-refractivity contribution is -0.274. The number of hydrogen-bond donors (Lipinski definition) is 1. The first kappa shape index (κ1) is 25.6. The molecule has 12 heteroatoms. The van der Waals surface area contributed by atoms with Crippen molar-refractivity contribution in [1.82, 2.24) is 15.0 Å². The zero-order chi connectivity index (χ0) is 26.8. The highest BCUT2D eigenvalue weighted by Gasteiger charge is 2.43. The molecule has 7 nitrogen and oxygen atoms in total. The monoisotopic (exact) mass is 519 g/mol. The fourth-order valence-electron chi connectivity index (χ4n) is 3.64. The van der Waals surface area contributed by atoms with E-state index in [0.29, 0.717) is 22.4 Å². The average Bonchev–Trinajstić information content (AvgIpc) is 3.29. The summed E-state index contributed by atoms with van der Waals surface area (Å²) in [4.78, 5) is 11.7. The molecule has 0 aliphatic heterocycles. The minimum Gasteiger partial charge on any atom is -0.497 e. The quantitative estimate of drug-likeness (QED) is 0.299. The van der Waals surface area contributed by atoms with Gasteiger partial charge >= 0.3 is 18.3 Å². The third-order valence-electron chi connectivity index (χ3n) is 5.40. The Labute approximate surface area is 206 Å². The molecule has 3 aromatic carbocycles. The van der Waals surface area contributed by atoms with Gasteiger partial charge in [-0.2, -0.15) is 8.78 Å². The van der Waals surface area contributed by atoms with Crippen molar-refractivity contribution < 1.29 is 41.3 Å². The van der Waals surface area contributed by atoms with Crippen LogP contribution >= 0.6 is 0 Å². The number of aromatic carboxylic acids is 1. The highest BCUT2D eigenvalue weighted by Crippen LogP contribution is 2.38. The number of benzene rings is 3. The van der Waals surface area contributed by atoms with Crippen LogP contribution in [-0.4, -0.2) is 39.5 Å². The summed E-state index contributed by atoms with van der Waals surface area (Å²) < 4.78 is 78.1. The van der Waals surface area contributed by atoms with Gasteiger partial charge in [-0.3, -0.25) is 0 Å². The van der Waals surface area contributed by atoms with Crippen LogP contribution in [0.15, 0.2) is 72.8 Å². The van der Waals surface area contributed by atoms with E-state index in [2.05, 4.69) is 15.0 Å². The van der Waals surface area contributed by atoms with E-state index in [1.54, 1.807) is 24.3 Å². The number of halogens is 5. The van der Waals surface area contributed by atoms with E-state index in [-0.39, 0.29) is 6.54 Å². The maximum Gasteiger partial charge on any atom is 0.573 e. The van der Waals surface area contributed by atoms with Crippen LogP contribution < -0.4 is 9.47 Å². The number of rotatable bonds is 8. The van der Waals surface area contributed by atoms with Crippen LogP contribution in [0.1, 0.15) is 27.3 Å². The van der Waals surface area contributed by atoms with Crippen molar-refractivity contribution in [3.8, 4) is 22.6 Å². The molecule has 0 radical (unpaired) electrons. The molecule has 0 fully saturated rings. The molecule has 0 aliphatic carbocycles. The Morgan fingerprint density at radius 1 is 0.865 bits per heavy atom. The smallest absolute Gasteiger partial charge is 0.497 e. The van der Waals surface area contributed by atoms with Crippen LogP contribution in [0, 0.1) is 0 Å². The van der Waals surface area contributed by atoms with E-state index in [9.17, 15) is 23.1 Å². The summed E-state index contributed by atoms with van der Waals surface area (Å²) in [6.45, 7) is -0.167. The van der Waals surface area contributed by atoms with Gasteiger partial charge in [0.2, 0.25) is 0 Å². The molecule has 0 amide bonds. The summed E-state index contributed by atoms with van der Waals surface area (Å²) in [5.41, 5.74) is -0.828. The van der Waals surface area contributed by atoms with Gasteiger partial charge in [0.15, 0.2) is 5.69 Å². The predicted octanol–water partition coefficient (Wildman–Crippen LogP) is 5.74. The molecule has 0 spiro atoms. The number of hydrogen-bond acceptors (Lipinski definition) is 5. The average molecular weight is 519 g/mol. The summed E-state index contributed by atoms with van der Waals surface area (Å²) in [6.07, 6.45) is -4.84. The highest BCUT2D eigenvalue weighted by atomic mass is 19.4. The molecule has 4 aromatic rings. The zero-order valence-electron chi connectivity index (χ0n) is 19.0. The van der Waals surface area contributed by atoms with Gasteiger partial charge in [0.05, 0.1) is 13.7 Å².